The van der Waals surface area contributed by atoms with Gasteiger partial charge < -0.3 is 15.7 Å². The molecule has 1 aromatic heterocycles. The van der Waals surface area contributed by atoms with Crippen LogP contribution < -0.4 is 5.32 Å². The molecule has 0 amide bonds. The number of nitrogens with one attached hydrogen (secondary N) is 3. The molecule has 0 aliphatic carbocycles. The van der Waals surface area contributed by atoms with Gasteiger partial charge in [-0.15, -0.1) is 0 Å². The maximum Gasteiger partial charge on any atom is 0.152 e. The molecule has 0 aliphatic heterocycles. The van der Waals surface area contributed by atoms with Crippen molar-refractivity contribution < 1.29 is 0 Å². The quantitative estimate of drug-likeness (QED) is 0.501. The molecule has 0 radical (unpaired) electrons. The van der Waals surface area contributed by atoms with Crippen LogP contribution in [0.4, 0.5) is 5.82 Å². The number of imidazole rings is 1. The molecule has 0 atom stereocenters. The predicted octanol–water partition coefficient (Wildman–Crippen LogP) is 0.449. The largest absolute Gasteiger partial charge is 0.371 e. The van der Waals surface area contributed by atoms with Crippen LogP contribution in [0.25, 0.3) is 0 Å². The van der Waals surface area contributed by atoms with Crippen molar-refractivity contribution in [2.45, 2.75) is 0 Å². The van der Waals surface area contributed by atoms with Crippen LogP contribution in [0.5, 0.6) is 0 Å². The maximum absolute atomic E-state index is 6.87. The Hall–Kier alpha value is -1.32. The van der Waals surface area contributed by atoms with E-state index in [-0.39, 0.29) is 0 Å². The highest BCUT2D eigenvalue weighted by Crippen LogP contribution is 2.03. The highest BCUT2D eigenvalue weighted by Gasteiger charge is 1.96. The minimum atomic E-state index is 0.706. The summed E-state index contributed by atoms with van der Waals surface area (Å²) in [4.78, 5) is 6.68. The van der Waals surface area contributed by atoms with E-state index in [4.69, 9.17) is 5.41 Å². The van der Waals surface area contributed by atoms with Crippen molar-refractivity contribution in [3.05, 3.63) is 12.0 Å². The zero-order valence-corrected chi connectivity index (χ0v) is 5.10. The summed E-state index contributed by atoms with van der Waals surface area (Å²) in [5.41, 5.74) is 0.706. The Balaban J connectivity index is 2.98. The Morgan fingerprint density at radius 1 is 1.89 bits per heavy atom. The van der Waals surface area contributed by atoms with E-state index in [1.165, 1.54) is 6.21 Å². The van der Waals surface area contributed by atoms with Gasteiger partial charge in [0, 0.05) is 13.3 Å². The Kier molecular flexibility index (Phi) is 1.48. The van der Waals surface area contributed by atoms with Crippen LogP contribution in [0.15, 0.2) is 6.33 Å². The SMILES string of the molecule is CNc1nc[nH]c1C=N. The fourth-order valence-electron chi connectivity index (χ4n) is 0.614. The second kappa shape index (κ2) is 2.30. The molecule has 1 heterocycles. The summed E-state index contributed by atoms with van der Waals surface area (Å²) < 4.78 is 0. The molecule has 1 aromatic rings. The lowest BCUT2D eigenvalue weighted by atomic mass is 10.5. The van der Waals surface area contributed by atoms with E-state index in [1.54, 1.807) is 13.4 Å². The third-order valence-corrected chi connectivity index (χ3v) is 1.05. The van der Waals surface area contributed by atoms with E-state index in [2.05, 4.69) is 15.3 Å². The monoisotopic (exact) mass is 124 g/mol. The summed E-state index contributed by atoms with van der Waals surface area (Å²) in [6.45, 7) is 0. The lowest BCUT2D eigenvalue weighted by Gasteiger charge is -1.91. The van der Waals surface area contributed by atoms with E-state index in [1.807, 2.05) is 0 Å². The highest BCUT2D eigenvalue weighted by atomic mass is 15.0. The zero-order chi connectivity index (χ0) is 6.69. The summed E-state index contributed by atoms with van der Waals surface area (Å²) in [6, 6.07) is 0. The van der Waals surface area contributed by atoms with Crippen molar-refractivity contribution in [1.82, 2.24) is 9.97 Å². The predicted molar refractivity (Wildman–Crippen MR) is 36.0 cm³/mol. The first-order valence-electron chi connectivity index (χ1n) is 2.60. The summed E-state index contributed by atoms with van der Waals surface area (Å²) in [5.74, 6) is 0.713. The summed E-state index contributed by atoms with van der Waals surface area (Å²) >= 11 is 0. The molecule has 0 spiro atoms. The Bertz CT molecular complexity index is 202. The van der Waals surface area contributed by atoms with Gasteiger partial charge in [0.05, 0.1) is 6.33 Å². The second-order valence-electron chi connectivity index (χ2n) is 1.56. The van der Waals surface area contributed by atoms with E-state index >= 15 is 0 Å². The fraction of sp³-hybridized carbons (Fsp3) is 0.200. The lowest BCUT2D eigenvalue weighted by molar-refractivity contribution is 1.30. The Morgan fingerprint density at radius 2 is 2.67 bits per heavy atom. The van der Waals surface area contributed by atoms with Crippen molar-refractivity contribution >= 4 is 12.0 Å². The number of hydrogen-bond donors (Lipinski definition) is 3. The van der Waals surface area contributed by atoms with Crippen LogP contribution >= 0.6 is 0 Å². The van der Waals surface area contributed by atoms with E-state index in [0.29, 0.717) is 11.5 Å². The Morgan fingerprint density at radius 3 is 3.11 bits per heavy atom. The minimum Gasteiger partial charge on any atom is -0.371 e. The first kappa shape index (κ1) is 5.81. The van der Waals surface area contributed by atoms with Gasteiger partial charge >= 0.3 is 0 Å². The second-order valence-corrected chi connectivity index (χ2v) is 1.56. The van der Waals surface area contributed by atoms with Gasteiger partial charge in [0.2, 0.25) is 0 Å². The number of nitrogens with zero attached hydrogens (tertiary/aromatic N) is 1. The number of hydrogen-bond acceptors (Lipinski definition) is 3. The van der Waals surface area contributed by atoms with Crippen molar-refractivity contribution in [3.8, 4) is 0 Å². The molecular formula is C5H8N4. The molecule has 48 valence electrons. The average molecular weight is 124 g/mol. The van der Waals surface area contributed by atoms with E-state index < -0.39 is 0 Å². The molecule has 0 aliphatic rings. The van der Waals surface area contributed by atoms with Crippen molar-refractivity contribution in [2.75, 3.05) is 12.4 Å². The molecule has 0 saturated heterocycles. The van der Waals surface area contributed by atoms with Gasteiger partial charge in [0.1, 0.15) is 5.69 Å². The Labute approximate surface area is 52.8 Å². The number of rotatable bonds is 2. The fourth-order valence-corrected chi connectivity index (χ4v) is 0.614. The molecule has 0 unspecified atom stereocenters. The summed E-state index contributed by atoms with van der Waals surface area (Å²) in [5, 5.41) is 9.70. The molecule has 0 saturated carbocycles. The molecule has 1 rings (SSSR count). The van der Waals surface area contributed by atoms with Crippen LogP contribution in [-0.2, 0) is 0 Å². The van der Waals surface area contributed by atoms with Crippen LogP contribution in [0.2, 0.25) is 0 Å². The van der Waals surface area contributed by atoms with Crippen molar-refractivity contribution in [3.63, 3.8) is 0 Å². The van der Waals surface area contributed by atoms with Gasteiger partial charge in [-0.2, -0.15) is 0 Å². The average Bonchev–Trinajstić information content (AvgIpc) is 2.33. The smallest absolute Gasteiger partial charge is 0.152 e. The first-order valence-corrected chi connectivity index (χ1v) is 2.60. The van der Waals surface area contributed by atoms with Gasteiger partial charge in [-0.3, -0.25) is 0 Å². The molecule has 9 heavy (non-hydrogen) atoms. The van der Waals surface area contributed by atoms with E-state index in [0.717, 1.165) is 0 Å². The lowest BCUT2D eigenvalue weighted by Crippen LogP contribution is -1.92. The third kappa shape index (κ3) is 0.910. The van der Waals surface area contributed by atoms with Crippen LogP contribution in [0.3, 0.4) is 0 Å². The number of H-pyrrole nitrogens is 1. The molecule has 4 heteroatoms. The van der Waals surface area contributed by atoms with E-state index in [9.17, 15) is 0 Å². The molecule has 0 aromatic carbocycles. The molecular weight excluding hydrogens is 116 g/mol. The van der Waals surface area contributed by atoms with Crippen LogP contribution in [0.1, 0.15) is 5.69 Å². The third-order valence-electron chi connectivity index (χ3n) is 1.05. The molecule has 0 bridgehead atoms. The van der Waals surface area contributed by atoms with Gasteiger partial charge in [-0.25, -0.2) is 4.98 Å². The van der Waals surface area contributed by atoms with Crippen LogP contribution in [-0.4, -0.2) is 23.2 Å². The maximum atomic E-state index is 6.87. The summed E-state index contributed by atoms with van der Waals surface area (Å²) in [6.07, 6.45) is 2.77. The van der Waals surface area contributed by atoms with Crippen molar-refractivity contribution in [1.29, 1.82) is 5.41 Å². The topological polar surface area (TPSA) is 64.6 Å². The first-order chi connectivity index (χ1) is 4.38. The van der Waals surface area contributed by atoms with Gasteiger partial charge in [-0.05, 0) is 0 Å². The van der Waals surface area contributed by atoms with Gasteiger partial charge in [-0.1, -0.05) is 0 Å². The van der Waals surface area contributed by atoms with Crippen molar-refractivity contribution in [2.24, 2.45) is 0 Å². The number of aromatic amines is 1. The molecule has 0 fully saturated rings. The summed E-state index contributed by atoms with van der Waals surface area (Å²) in [7, 11) is 1.77. The highest BCUT2D eigenvalue weighted by molar-refractivity contribution is 5.81. The minimum absolute atomic E-state index is 0.706. The number of anilines is 1. The van der Waals surface area contributed by atoms with Crippen LogP contribution in [0, 0.1) is 5.41 Å². The molecule has 4 nitrogen and oxygen atoms in total. The zero-order valence-electron chi connectivity index (χ0n) is 5.10. The normalized spacial score (nSPS) is 9.00. The number of aromatic nitrogens is 2. The van der Waals surface area contributed by atoms with Gasteiger partial charge in [0.15, 0.2) is 5.82 Å². The standard InChI is InChI=1S/C5H8N4/c1-7-5-4(2-6)8-3-9-5/h2-3,6-7H,1H3,(H,8,9). The van der Waals surface area contributed by atoms with Gasteiger partial charge in [0.25, 0.3) is 0 Å². The molecule has 3 N–H and O–H groups in total.